The molecule has 8 heteroatoms. The number of rotatable bonds is 6. The minimum Gasteiger partial charge on any atom is -0.497 e. The number of benzene rings is 2. The molecule has 2 aromatic rings. The lowest BCUT2D eigenvalue weighted by Gasteiger charge is -2.37. The number of sulfonamides is 1. The highest BCUT2D eigenvalue weighted by Crippen LogP contribution is 2.23. The smallest absolute Gasteiger partial charge is 0.407 e. The number of nitrogens with one attached hydrogen (secondary N) is 1. The molecule has 0 aliphatic carbocycles. The molecule has 0 bridgehead atoms. The molecule has 0 unspecified atom stereocenters. The maximum Gasteiger partial charge on any atom is 0.407 e. The van der Waals surface area contributed by atoms with E-state index in [1.807, 2.05) is 30.3 Å². The SMILES string of the molecule is COc1ccc(S(=O)(=O)N2CC(NC(=O)OCc3ccccc3)C2)cc1. The summed E-state index contributed by atoms with van der Waals surface area (Å²) in [5.41, 5.74) is 0.889. The second kappa shape index (κ2) is 7.76. The van der Waals surface area contributed by atoms with Gasteiger partial charge in [0.05, 0.1) is 18.0 Å². The van der Waals surface area contributed by atoms with Crippen LogP contribution in [0.2, 0.25) is 0 Å². The Kier molecular flexibility index (Phi) is 5.43. The Balaban J connectivity index is 1.47. The molecule has 1 aliphatic rings. The molecule has 1 amide bonds. The van der Waals surface area contributed by atoms with Gasteiger partial charge in [-0.25, -0.2) is 13.2 Å². The molecule has 1 aliphatic heterocycles. The van der Waals surface area contributed by atoms with Gasteiger partial charge in [-0.3, -0.25) is 0 Å². The summed E-state index contributed by atoms with van der Waals surface area (Å²) < 4.78 is 36.5. The van der Waals surface area contributed by atoms with E-state index in [0.717, 1.165) is 5.56 Å². The van der Waals surface area contributed by atoms with Crippen LogP contribution in [0.3, 0.4) is 0 Å². The largest absolute Gasteiger partial charge is 0.497 e. The van der Waals surface area contributed by atoms with Crippen molar-refractivity contribution >= 4 is 16.1 Å². The molecular formula is C18H20N2O5S. The van der Waals surface area contributed by atoms with E-state index in [-0.39, 0.29) is 30.6 Å². The summed E-state index contributed by atoms with van der Waals surface area (Å²) in [5, 5.41) is 2.67. The summed E-state index contributed by atoms with van der Waals surface area (Å²) in [6.45, 7) is 0.608. The molecule has 138 valence electrons. The first-order valence-electron chi connectivity index (χ1n) is 8.10. The van der Waals surface area contributed by atoms with E-state index in [2.05, 4.69) is 5.32 Å². The molecular weight excluding hydrogens is 356 g/mol. The first kappa shape index (κ1) is 18.2. The second-order valence-corrected chi connectivity index (χ2v) is 7.84. The third-order valence-corrected chi connectivity index (χ3v) is 5.93. The molecule has 0 radical (unpaired) electrons. The maximum atomic E-state index is 12.5. The summed E-state index contributed by atoms with van der Waals surface area (Å²) in [5.74, 6) is 0.591. The number of alkyl carbamates (subject to hydrolysis) is 1. The van der Waals surface area contributed by atoms with Crippen molar-refractivity contribution in [3.05, 3.63) is 60.2 Å². The summed E-state index contributed by atoms with van der Waals surface area (Å²) >= 11 is 0. The van der Waals surface area contributed by atoms with Gasteiger partial charge < -0.3 is 14.8 Å². The van der Waals surface area contributed by atoms with E-state index in [4.69, 9.17) is 9.47 Å². The van der Waals surface area contributed by atoms with Crippen molar-refractivity contribution in [2.75, 3.05) is 20.2 Å². The first-order valence-corrected chi connectivity index (χ1v) is 9.54. The van der Waals surface area contributed by atoms with Crippen molar-refractivity contribution in [3.63, 3.8) is 0 Å². The van der Waals surface area contributed by atoms with Gasteiger partial charge in [-0.15, -0.1) is 0 Å². The zero-order valence-electron chi connectivity index (χ0n) is 14.3. The molecule has 3 rings (SSSR count). The average molecular weight is 376 g/mol. The number of carbonyl (C=O) groups excluding carboxylic acids is 1. The fourth-order valence-electron chi connectivity index (χ4n) is 2.55. The van der Waals surface area contributed by atoms with Gasteiger partial charge in [0.1, 0.15) is 12.4 Å². The lowest BCUT2D eigenvalue weighted by molar-refractivity contribution is 0.123. The Bertz CT molecular complexity index is 847. The predicted molar refractivity (Wildman–Crippen MR) is 95.3 cm³/mol. The van der Waals surface area contributed by atoms with Crippen molar-refractivity contribution in [2.24, 2.45) is 0 Å². The minimum atomic E-state index is -3.57. The van der Waals surface area contributed by atoms with Crippen LogP contribution in [0.5, 0.6) is 5.75 Å². The Labute approximate surface area is 152 Å². The van der Waals surface area contributed by atoms with Gasteiger partial charge in [-0.05, 0) is 29.8 Å². The number of ether oxygens (including phenoxy) is 2. The quantitative estimate of drug-likeness (QED) is 0.833. The highest BCUT2D eigenvalue weighted by atomic mass is 32.2. The van der Waals surface area contributed by atoms with Gasteiger partial charge in [0, 0.05) is 13.1 Å². The van der Waals surface area contributed by atoms with Crippen LogP contribution < -0.4 is 10.1 Å². The number of hydrogen-bond donors (Lipinski definition) is 1. The van der Waals surface area contributed by atoms with Crippen LogP contribution in [-0.4, -0.2) is 45.1 Å². The molecule has 1 heterocycles. The lowest BCUT2D eigenvalue weighted by atomic mass is 10.2. The molecule has 26 heavy (non-hydrogen) atoms. The van der Waals surface area contributed by atoms with Crippen LogP contribution in [-0.2, 0) is 21.4 Å². The first-order chi connectivity index (χ1) is 12.5. The highest BCUT2D eigenvalue weighted by Gasteiger charge is 2.37. The van der Waals surface area contributed by atoms with E-state index in [1.54, 1.807) is 12.1 Å². The average Bonchev–Trinajstić information content (AvgIpc) is 2.63. The highest BCUT2D eigenvalue weighted by molar-refractivity contribution is 7.89. The van der Waals surface area contributed by atoms with E-state index in [1.165, 1.54) is 23.5 Å². The summed E-state index contributed by atoms with van der Waals surface area (Å²) in [6.07, 6.45) is -0.555. The number of carbonyl (C=O) groups is 1. The maximum absolute atomic E-state index is 12.5. The zero-order valence-corrected chi connectivity index (χ0v) is 15.1. The van der Waals surface area contributed by atoms with Crippen molar-refractivity contribution in [3.8, 4) is 5.75 Å². The van der Waals surface area contributed by atoms with Crippen molar-refractivity contribution in [1.82, 2.24) is 9.62 Å². The third kappa shape index (κ3) is 4.14. The van der Waals surface area contributed by atoms with E-state index in [9.17, 15) is 13.2 Å². The molecule has 1 saturated heterocycles. The van der Waals surface area contributed by atoms with E-state index >= 15 is 0 Å². The monoisotopic (exact) mass is 376 g/mol. The van der Waals surface area contributed by atoms with Crippen LogP contribution in [0.1, 0.15) is 5.56 Å². The van der Waals surface area contributed by atoms with Gasteiger partial charge in [0.15, 0.2) is 0 Å². The Morgan fingerprint density at radius 1 is 1.12 bits per heavy atom. The summed E-state index contributed by atoms with van der Waals surface area (Å²) in [4.78, 5) is 12.0. The lowest BCUT2D eigenvalue weighted by Crippen LogP contribution is -2.60. The van der Waals surface area contributed by atoms with Crippen LogP contribution in [0.15, 0.2) is 59.5 Å². The minimum absolute atomic E-state index is 0.174. The van der Waals surface area contributed by atoms with E-state index in [0.29, 0.717) is 5.75 Å². The third-order valence-electron chi connectivity index (χ3n) is 4.08. The van der Waals surface area contributed by atoms with Crippen LogP contribution in [0, 0.1) is 0 Å². The molecule has 0 atom stereocenters. The van der Waals surface area contributed by atoms with Gasteiger partial charge in [-0.2, -0.15) is 4.31 Å². The Morgan fingerprint density at radius 3 is 2.38 bits per heavy atom. The predicted octanol–water partition coefficient (Wildman–Crippen LogP) is 1.99. The standard InChI is InChI=1S/C18H20N2O5S/c1-24-16-7-9-17(10-8-16)26(22,23)20-11-15(12-20)19-18(21)25-13-14-5-3-2-4-6-14/h2-10,15H,11-13H2,1H3,(H,19,21). The molecule has 1 N–H and O–H groups in total. The molecule has 0 aromatic heterocycles. The molecule has 7 nitrogen and oxygen atoms in total. The van der Waals surface area contributed by atoms with Gasteiger partial charge in [0.25, 0.3) is 0 Å². The molecule has 2 aromatic carbocycles. The normalized spacial score (nSPS) is 15.1. The number of nitrogens with zero attached hydrogens (tertiary/aromatic N) is 1. The second-order valence-electron chi connectivity index (χ2n) is 5.90. The number of amides is 1. The fraction of sp³-hybridized carbons (Fsp3) is 0.278. The zero-order chi connectivity index (χ0) is 18.6. The van der Waals surface area contributed by atoms with Crippen molar-refractivity contribution in [2.45, 2.75) is 17.5 Å². The van der Waals surface area contributed by atoms with Crippen molar-refractivity contribution < 1.29 is 22.7 Å². The molecule has 0 saturated carbocycles. The van der Waals surface area contributed by atoms with Crippen LogP contribution in [0.25, 0.3) is 0 Å². The van der Waals surface area contributed by atoms with Crippen LogP contribution >= 0.6 is 0 Å². The number of hydrogen-bond acceptors (Lipinski definition) is 5. The Morgan fingerprint density at radius 2 is 1.77 bits per heavy atom. The van der Waals surface area contributed by atoms with Gasteiger partial charge in [0.2, 0.25) is 10.0 Å². The summed E-state index contributed by atoms with van der Waals surface area (Å²) in [6, 6.07) is 15.3. The molecule has 1 fully saturated rings. The Hall–Kier alpha value is -2.58. The fourth-order valence-corrected chi connectivity index (χ4v) is 4.08. The number of methoxy groups -OCH3 is 1. The van der Waals surface area contributed by atoms with E-state index < -0.39 is 16.1 Å². The topological polar surface area (TPSA) is 84.9 Å². The van der Waals surface area contributed by atoms with Gasteiger partial charge in [-0.1, -0.05) is 30.3 Å². The summed E-state index contributed by atoms with van der Waals surface area (Å²) in [7, 11) is -2.05. The van der Waals surface area contributed by atoms with Crippen LogP contribution in [0.4, 0.5) is 4.79 Å². The molecule has 0 spiro atoms. The van der Waals surface area contributed by atoms with Gasteiger partial charge >= 0.3 is 6.09 Å². The van der Waals surface area contributed by atoms with Crippen molar-refractivity contribution in [1.29, 1.82) is 0 Å².